The zero-order valence-electron chi connectivity index (χ0n) is 53.4. The minimum atomic E-state index is -4.41. The van der Waals surface area contributed by atoms with Gasteiger partial charge in [-0.1, -0.05) is 17.7 Å². The fourth-order valence-corrected chi connectivity index (χ4v) is 9.52. The summed E-state index contributed by atoms with van der Waals surface area (Å²) in [6.45, 7) is 3.59. The molecule has 0 bridgehead atoms. The first kappa shape index (κ1) is 71.5. The molecule has 0 unspecified atom stereocenters. The van der Waals surface area contributed by atoms with Gasteiger partial charge in [0.1, 0.15) is 56.4 Å². The minimum absolute atomic E-state index is 0.0735. The Morgan fingerprint density at radius 1 is 0.404 bits per heavy atom. The Morgan fingerprint density at radius 3 is 0.990 bits per heavy atom. The molecular formula is C66H63N17O15S. The van der Waals surface area contributed by atoms with E-state index < -0.39 is 40.1 Å². The van der Waals surface area contributed by atoms with Gasteiger partial charge in [0.2, 0.25) is 0 Å². The maximum Gasteiger partial charge on any atom is 0.357 e. The molecule has 508 valence electrons. The summed E-state index contributed by atoms with van der Waals surface area (Å²) in [5.41, 5.74) is 14.3. The average molecular weight is 1370 g/mol. The lowest BCUT2D eigenvalue weighted by atomic mass is 10.1. The number of aromatic hydroxyl groups is 1. The summed E-state index contributed by atoms with van der Waals surface area (Å²) in [4.78, 5) is 100. The maximum atomic E-state index is 12.5. The van der Waals surface area contributed by atoms with Crippen LogP contribution < -0.4 is 26.4 Å². The average Bonchev–Trinajstić information content (AvgIpc) is 1.16. The standard InChI is InChI=1S/C19H18N4O3.C18H17N5O6S.C18H16N4O4.C11H12N4O2/c1-13-3-5-15(6-4-13)18(24)22-17-8-14(10-23-12-20-11-21-23)7-16(9-17)19(25)26-2;1-29-18(25)14-6-12(9-23-11-19-10-20-23)7-16(8-14)21-17(24)13-2-4-15(5-3-13)22-30(26,27)28;1-26-18(25)14-6-12(9-22-11-19-10-20-22)7-15(8-14)21-17(24)13-2-4-16(23)5-3-13;1-17-11(16)9-2-8(3-10(12)4-9)5-15-7-13-6-14-15/h3-9,11-12H,10H2,1-2H3,(H,22,24);2-8,10-11,22H,9H2,1H3,(H,21,24)(H,26,27,28);2-8,10-11,23H,9H2,1H3,(H,21,24);2-4,6-7H,5,12H2,1H3. The van der Waals surface area contributed by atoms with Crippen molar-refractivity contribution in [1.29, 1.82) is 0 Å². The number of hydrogen-bond acceptors (Lipinski definition) is 23. The van der Waals surface area contributed by atoms with Gasteiger partial charge >= 0.3 is 34.2 Å². The molecule has 0 atom stereocenters. The maximum absolute atomic E-state index is 12.5. The molecular weight excluding hydrogens is 1300 g/mol. The van der Waals surface area contributed by atoms with E-state index in [4.69, 9.17) is 24.5 Å². The van der Waals surface area contributed by atoms with Gasteiger partial charge in [-0.25, -0.2) is 57.8 Å². The van der Waals surface area contributed by atoms with E-state index in [9.17, 15) is 47.1 Å². The monoisotopic (exact) mass is 1370 g/mol. The van der Waals surface area contributed by atoms with E-state index in [1.807, 2.05) is 23.8 Å². The minimum Gasteiger partial charge on any atom is -0.508 e. The topological polar surface area (TPSA) is 428 Å². The van der Waals surface area contributed by atoms with Crippen molar-refractivity contribution in [2.45, 2.75) is 33.1 Å². The smallest absolute Gasteiger partial charge is 0.357 e. The molecule has 8 N–H and O–H groups in total. The number of nitrogens with one attached hydrogen (secondary N) is 4. The number of aryl methyl sites for hydroxylation is 1. The SMILES string of the molecule is COC(=O)c1cc(Cn2cncn2)cc(NC(=O)c2ccc(C)cc2)c1.COC(=O)c1cc(Cn2cncn2)cc(NC(=O)c2ccc(NS(=O)(=O)O)cc2)c1.COC(=O)c1cc(Cn2cncn2)cc(NC(=O)c2ccc(O)cc2)c1.COC(=O)c1cc(N)cc(Cn2cncn2)c1. The van der Waals surface area contributed by atoms with Crippen molar-refractivity contribution in [3.05, 3.63) is 263 Å². The molecule has 0 aliphatic rings. The Bertz CT molecular complexity index is 4540. The highest BCUT2D eigenvalue weighted by molar-refractivity contribution is 7.87. The zero-order chi connectivity index (χ0) is 71.0. The number of carbonyl (C=O) groups is 7. The molecule has 0 radical (unpaired) electrons. The fourth-order valence-electron chi connectivity index (χ4n) is 9.09. The molecule has 0 fully saturated rings. The quantitative estimate of drug-likeness (QED) is 0.0174. The highest BCUT2D eigenvalue weighted by atomic mass is 32.2. The molecule has 7 aromatic carbocycles. The van der Waals surface area contributed by atoms with E-state index in [2.05, 4.69) is 61.0 Å². The number of hydrogen-bond donors (Lipinski definition) is 7. The lowest BCUT2D eigenvalue weighted by Gasteiger charge is -2.11. The number of phenolic OH excluding ortho intramolecular Hbond substituents is 1. The molecule has 4 aromatic heterocycles. The summed E-state index contributed by atoms with van der Waals surface area (Å²) in [6, 6.07) is 38.4. The van der Waals surface area contributed by atoms with Crippen LogP contribution in [0.3, 0.4) is 0 Å². The first-order chi connectivity index (χ1) is 47.5. The van der Waals surface area contributed by atoms with Crippen molar-refractivity contribution in [1.82, 2.24) is 59.1 Å². The summed E-state index contributed by atoms with van der Waals surface area (Å²) in [5, 5.41) is 33.7. The van der Waals surface area contributed by atoms with Crippen LogP contribution in [0.15, 0.2) is 196 Å². The highest BCUT2D eigenvalue weighted by Crippen LogP contribution is 2.23. The van der Waals surface area contributed by atoms with Gasteiger partial charge in [0, 0.05) is 39.4 Å². The summed E-state index contributed by atoms with van der Waals surface area (Å²) < 4.78 is 57.8. The van der Waals surface area contributed by atoms with Gasteiger partial charge in [-0.05, 0) is 163 Å². The molecule has 0 aliphatic carbocycles. The number of amides is 3. The van der Waals surface area contributed by atoms with Crippen molar-refractivity contribution >= 4 is 80.3 Å². The van der Waals surface area contributed by atoms with E-state index in [1.54, 1.807) is 111 Å². The summed E-state index contributed by atoms with van der Waals surface area (Å²) in [5.74, 6) is -2.98. The Kier molecular flexibility index (Phi) is 24.7. The number of ether oxygens (including phenoxy) is 4. The van der Waals surface area contributed by atoms with E-state index in [1.165, 1.54) is 121 Å². The second-order valence-corrected chi connectivity index (χ2v) is 22.1. The van der Waals surface area contributed by atoms with Gasteiger partial charge in [0.25, 0.3) is 17.7 Å². The van der Waals surface area contributed by atoms with Gasteiger partial charge < -0.3 is 45.7 Å². The molecule has 11 aromatic rings. The number of methoxy groups -OCH3 is 4. The Morgan fingerprint density at radius 2 is 0.697 bits per heavy atom. The summed E-state index contributed by atoms with van der Waals surface area (Å²) in [6.07, 6.45) is 11.9. The number of rotatable bonds is 20. The molecule has 99 heavy (non-hydrogen) atoms. The molecule has 33 heteroatoms. The second-order valence-electron chi connectivity index (χ2n) is 21.0. The molecule has 0 spiro atoms. The molecule has 0 aliphatic heterocycles. The molecule has 0 saturated heterocycles. The van der Waals surface area contributed by atoms with E-state index >= 15 is 0 Å². The number of aromatic nitrogens is 12. The van der Waals surface area contributed by atoms with Crippen LogP contribution >= 0.6 is 0 Å². The van der Waals surface area contributed by atoms with E-state index in [0.717, 1.165) is 22.3 Å². The third-order valence-corrected chi connectivity index (χ3v) is 14.0. The van der Waals surface area contributed by atoms with E-state index in [-0.39, 0.29) is 34.4 Å². The van der Waals surface area contributed by atoms with Crippen LogP contribution in [0.4, 0.5) is 28.4 Å². The van der Waals surface area contributed by atoms with E-state index in [0.29, 0.717) is 82.3 Å². The van der Waals surface area contributed by atoms with Crippen LogP contribution in [0.2, 0.25) is 0 Å². The zero-order valence-corrected chi connectivity index (χ0v) is 54.2. The van der Waals surface area contributed by atoms with Crippen molar-refractivity contribution in [2.75, 3.05) is 54.8 Å². The number of esters is 4. The molecule has 32 nitrogen and oxygen atoms in total. The van der Waals surface area contributed by atoms with Gasteiger partial charge in [-0.15, -0.1) is 0 Å². The summed E-state index contributed by atoms with van der Waals surface area (Å²) >= 11 is 0. The van der Waals surface area contributed by atoms with Crippen LogP contribution in [0.25, 0.3) is 0 Å². The van der Waals surface area contributed by atoms with Crippen molar-refractivity contribution in [2.24, 2.45) is 0 Å². The van der Waals surface area contributed by atoms with Gasteiger partial charge in [0.05, 0.1) is 82.6 Å². The predicted octanol–water partition coefficient (Wildman–Crippen LogP) is 7.02. The molecule has 4 heterocycles. The third kappa shape index (κ3) is 22.2. The largest absolute Gasteiger partial charge is 0.508 e. The van der Waals surface area contributed by atoms with Crippen LogP contribution in [0.5, 0.6) is 5.75 Å². The number of benzene rings is 7. The van der Waals surface area contributed by atoms with Crippen molar-refractivity contribution in [3.63, 3.8) is 0 Å². The van der Waals surface area contributed by atoms with Crippen LogP contribution in [0, 0.1) is 6.92 Å². The normalized spacial score (nSPS) is 10.5. The predicted molar refractivity (Wildman–Crippen MR) is 357 cm³/mol. The highest BCUT2D eigenvalue weighted by Gasteiger charge is 2.18. The first-order valence-corrected chi connectivity index (χ1v) is 30.6. The number of nitrogens with two attached hydrogens (primary N) is 1. The Balaban J connectivity index is 0.000000171. The van der Waals surface area contributed by atoms with Crippen LogP contribution in [-0.4, -0.2) is 147 Å². The number of nitrogens with zero attached hydrogens (tertiary/aromatic N) is 12. The second kappa shape index (κ2) is 34.2. The first-order valence-electron chi connectivity index (χ1n) is 29.1. The summed E-state index contributed by atoms with van der Waals surface area (Å²) in [7, 11) is 0.795. The van der Waals surface area contributed by atoms with Crippen molar-refractivity contribution in [3.8, 4) is 5.75 Å². The third-order valence-electron chi connectivity index (χ3n) is 13.5. The molecule has 3 amide bonds. The molecule has 0 saturated carbocycles. The number of phenols is 1. The Hall–Kier alpha value is -13.3. The molecule has 11 rings (SSSR count). The van der Waals surface area contributed by atoms with Crippen LogP contribution in [-0.2, 0) is 55.4 Å². The number of carbonyl (C=O) groups excluding carboxylic acids is 7. The van der Waals surface area contributed by atoms with Gasteiger partial charge in [-0.3, -0.25) is 23.7 Å². The fraction of sp³-hybridized carbons (Fsp3) is 0.136. The van der Waals surface area contributed by atoms with Gasteiger partial charge in [0.15, 0.2) is 0 Å². The Labute approximate surface area is 564 Å². The van der Waals surface area contributed by atoms with Crippen molar-refractivity contribution < 1.29 is 70.6 Å². The van der Waals surface area contributed by atoms with Gasteiger partial charge in [-0.2, -0.15) is 28.8 Å². The lowest BCUT2D eigenvalue weighted by molar-refractivity contribution is 0.0592. The van der Waals surface area contributed by atoms with Crippen LogP contribution in [0.1, 0.15) is 100 Å². The number of anilines is 5. The number of nitrogen functional groups attached to an aromatic ring is 1. The lowest BCUT2D eigenvalue weighted by Crippen LogP contribution is -2.14.